The number of nitrogens with zero attached hydrogens (tertiary/aromatic N) is 3. The molecule has 0 saturated carbocycles. The van der Waals surface area contributed by atoms with Gasteiger partial charge in [-0.15, -0.1) is 6.58 Å². The molecule has 0 unspecified atom stereocenters. The monoisotopic (exact) mass is 359 g/mol. The zero-order valence-corrected chi connectivity index (χ0v) is 14.7. The summed E-state index contributed by atoms with van der Waals surface area (Å²) in [5, 5.41) is 9.31. The van der Waals surface area contributed by atoms with Crippen molar-refractivity contribution in [1.29, 1.82) is 0 Å². The Morgan fingerprint density at radius 2 is 2.00 bits per heavy atom. The fourth-order valence-corrected chi connectivity index (χ4v) is 3.41. The lowest BCUT2D eigenvalue weighted by molar-refractivity contribution is 0.0695. The first kappa shape index (κ1) is 18.1. The lowest BCUT2D eigenvalue weighted by Crippen LogP contribution is -2.46. The molecule has 2 aromatic rings. The Balaban J connectivity index is 2.05. The van der Waals surface area contributed by atoms with E-state index < -0.39 is 17.2 Å². The summed E-state index contributed by atoms with van der Waals surface area (Å²) in [5.41, 5.74) is -0.00385. The van der Waals surface area contributed by atoms with E-state index >= 15 is 0 Å². The Hall–Kier alpha value is -2.67. The fraction of sp³-hybridized carbons (Fsp3) is 0.368. The summed E-state index contributed by atoms with van der Waals surface area (Å²) in [4.78, 5) is 27.9. The molecule has 0 aliphatic carbocycles. The van der Waals surface area contributed by atoms with Gasteiger partial charge in [0, 0.05) is 50.9 Å². The quantitative estimate of drug-likeness (QED) is 0.829. The molecule has 1 saturated heterocycles. The first-order valence-corrected chi connectivity index (χ1v) is 8.64. The SMILES string of the molecule is C=CCN1CCN(c2cc3c(cc2F)c(=O)c(C(=O)O)cn3CC)CC1. The maximum Gasteiger partial charge on any atom is 0.341 e. The van der Waals surface area contributed by atoms with Crippen molar-refractivity contribution >= 4 is 22.6 Å². The number of benzene rings is 1. The van der Waals surface area contributed by atoms with Gasteiger partial charge in [0.2, 0.25) is 5.43 Å². The molecule has 0 atom stereocenters. The number of aryl methyl sites for hydroxylation is 1. The smallest absolute Gasteiger partial charge is 0.341 e. The van der Waals surface area contributed by atoms with Gasteiger partial charge in [-0.2, -0.15) is 0 Å². The highest BCUT2D eigenvalue weighted by molar-refractivity contribution is 5.93. The van der Waals surface area contributed by atoms with Crippen molar-refractivity contribution < 1.29 is 14.3 Å². The molecule has 1 aliphatic heterocycles. The molecule has 1 aromatic heterocycles. The van der Waals surface area contributed by atoms with Gasteiger partial charge in [0.1, 0.15) is 11.4 Å². The van der Waals surface area contributed by atoms with Crippen LogP contribution in [0, 0.1) is 5.82 Å². The van der Waals surface area contributed by atoms with Gasteiger partial charge in [-0.1, -0.05) is 6.08 Å². The number of piperazine rings is 1. The molecular weight excluding hydrogens is 337 g/mol. The number of carboxylic acid groups (broad SMARTS) is 1. The van der Waals surface area contributed by atoms with Crippen LogP contribution in [-0.4, -0.2) is 53.3 Å². The number of carboxylic acids is 1. The summed E-state index contributed by atoms with van der Waals surface area (Å²) >= 11 is 0. The molecule has 1 aromatic carbocycles. The van der Waals surface area contributed by atoms with Crippen LogP contribution in [0.3, 0.4) is 0 Å². The van der Waals surface area contributed by atoms with Gasteiger partial charge in [0.25, 0.3) is 0 Å². The Morgan fingerprint density at radius 1 is 1.31 bits per heavy atom. The second-order valence-electron chi connectivity index (χ2n) is 6.36. The van der Waals surface area contributed by atoms with Crippen LogP contribution < -0.4 is 10.3 Å². The van der Waals surface area contributed by atoms with Gasteiger partial charge in [-0.05, 0) is 19.1 Å². The number of aromatic carboxylic acids is 1. The molecule has 7 heteroatoms. The number of hydrogen-bond donors (Lipinski definition) is 1. The molecule has 2 heterocycles. The van der Waals surface area contributed by atoms with E-state index in [0.717, 1.165) is 19.6 Å². The van der Waals surface area contributed by atoms with Crippen LogP contribution in [0.15, 0.2) is 35.8 Å². The third-order valence-electron chi connectivity index (χ3n) is 4.82. The van der Waals surface area contributed by atoms with Crippen LogP contribution in [0.4, 0.5) is 10.1 Å². The first-order valence-electron chi connectivity index (χ1n) is 8.64. The average Bonchev–Trinajstić information content (AvgIpc) is 2.63. The molecule has 0 amide bonds. The Bertz CT molecular complexity index is 914. The summed E-state index contributed by atoms with van der Waals surface area (Å²) in [7, 11) is 0. The van der Waals surface area contributed by atoms with E-state index in [2.05, 4.69) is 11.5 Å². The van der Waals surface area contributed by atoms with Crippen molar-refractivity contribution in [3.8, 4) is 0 Å². The van der Waals surface area contributed by atoms with Gasteiger partial charge in [0.05, 0.1) is 11.2 Å². The van der Waals surface area contributed by atoms with Crippen molar-refractivity contribution in [2.75, 3.05) is 37.6 Å². The van der Waals surface area contributed by atoms with Crippen molar-refractivity contribution in [2.45, 2.75) is 13.5 Å². The standard InChI is InChI=1S/C19H22FN3O3/c1-3-5-21-6-8-23(9-7-21)17-11-16-13(10-15(17)20)18(24)14(19(25)26)12-22(16)4-2/h3,10-12H,1,4-9H2,2H3,(H,25,26). The molecule has 138 valence electrons. The summed E-state index contributed by atoms with van der Waals surface area (Å²) in [6.07, 6.45) is 3.18. The Morgan fingerprint density at radius 3 is 2.58 bits per heavy atom. The third kappa shape index (κ3) is 3.22. The van der Waals surface area contributed by atoms with Gasteiger partial charge in [-0.3, -0.25) is 9.69 Å². The van der Waals surface area contributed by atoms with Gasteiger partial charge < -0.3 is 14.6 Å². The second kappa shape index (κ2) is 7.29. The second-order valence-corrected chi connectivity index (χ2v) is 6.36. The topological polar surface area (TPSA) is 65.8 Å². The maximum atomic E-state index is 14.7. The minimum absolute atomic E-state index is 0.0956. The van der Waals surface area contributed by atoms with E-state index in [-0.39, 0.29) is 10.9 Å². The Labute approximate surface area is 150 Å². The Kier molecular flexibility index (Phi) is 5.08. The van der Waals surface area contributed by atoms with Crippen molar-refractivity contribution in [1.82, 2.24) is 9.47 Å². The summed E-state index contributed by atoms with van der Waals surface area (Å²) < 4.78 is 16.4. The van der Waals surface area contributed by atoms with Crippen LogP contribution in [0.5, 0.6) is 0 Å². The lowest BCUT2D eigenvalue weighted by atomic mass is 10.1. The summed E-state index contributed by atoms with van der Waals surface area (Å²) in [6.45, 7) is 9.86. The minimum Gasteiger partial charge on any atom is -0.477 e. The predicted octanol–water partition coefficient (Wildman–Crippen LogP) is 2.17. The molecule has 3 rings (SSSR count). The number of halogens is 1. The third-order valence-corrected chi connectivity index (χ3v) is 4.82. The van der Waals surface area contributed by atoms with E-state index in [4.69, 9.17) is 0 Å². The molecule has 1 N–H and O–H groups in total. The first-order chi connectivity index (χ1) is 12.5. The van der Waals surface area contributed by atoms with E-state index in [1.54, 1.807) is 10.6 Å². The van der Waals surface area contributed by atoms with E-state index in [1.807, 2.05) is 17.9 Å². The zero-order chi connectivity index (χ0) is 18.8. The van der Waals surface area contributed by atoms with Crippen LogP contribution in [0.1, 0.15) is 17.3 Å². The molecule has 1 fully saturated rings. The van der Waals surface area contributed by atoms with Crippen LogP contribution >= 0.6 is 0 Å². The van der Waals surface area contributed by atoms with Gasteiger partial charge >= 0.3 is 5.97 Å². The number of anilines is 1. The highest BCUT2D eigenvalue weighted by atomic mass is 19.1. The van der Waals surface area contributed by atoms with E-state index in [0.29, 0.717) is 30.8 Å². The highest BCUT2D eigenvalue weighted by Gasteiger charge is 2.22. The highest BCUT2D eigenvalue weighted by Crippen LogP contribution is 2.26. The largest absolute Gasteiger partial charge is 0.477 e. The molecule has 0 radical (unpaired) electrons. The van der Waals surface area contributed by atoms with Gasteiger partial charge in [-0.25, -0.2) is 9.18 Å². The average molecular weight is 359 g/mol. The number of pyridine rings is 1. The van der Waals surface area contributed by atoms with Crippen molar-refractivity contribution in [3.05, 3.63) is 52.6 Å². The number of carbonyl (C=O) groups is 1. The fourth-order valence-electron chi connectivity index (χ4n) is 3.41. The van der Waals surface area contributed by atoms with E-state index in [9.17, 15) is 19.1 Å². The summed E-state index contributed by atoms with van der Waals surface area (Å²) in [6, 6.07) is 2.83. The molecule has 0 bridgehead atoms. The number of aromatic nitrogens is 1. The predicted molar refractivity (Wildman–Crippen MR) is 99.6 cm³/mol. The number of fused-ring (bicyclic) bond motifs is 1. The lowest BCUT2D eigenvalue weighted by Gasteiger charge is -2.35. The molecular formula is C19H22FN3O3. The number of rotatable bonds is 5. The molecule has 0 spiro atoms. The van der Waals surface area contributed by atoms with Gasteiger partial charge in [0.15, 0.2) is 0 Å². The van der Waals surface area contributed by atoms with Crippen LogP contribution in [0.25, 0.3) is 10.9 Å². The van der Waals surface area contributed by atoms with Crippen molar-refractivity contribution in [2.24, 2.45) is 0 Å². The van der Waals surface area contributed by atoms with Crippen LogP contribution in [0.2, 0.25) is 0 Å². The van der Waals surface area contributed by atoms with Crippen molar-refractivity contribution in [3.63, 3.8) is 0 Å². The maximum absolute atomic E-state index is 14.7. The number of hydrogen-bond acceptors (Lipinski definition) is 4. The molecule has 26 heavy (non-hydrogen) atoms. The zero-order valence-electron chi connectivity index (χ0n) is 14.7. The minimum atomic E-state index is -1.30. The van der Waals surface area contributed by atoms with Crippen LogP contribution in [-0.2, 0) is 6.54 Å². The normalized spacial score (nSPS) is 15.4. The molecule has 1 aliphatic rings. The molecule has 6 nitrogen and oxygen atoms in total. The summed E-state index contributed by atoms with van der Waals surface area (Å²) in [5.74, 6) is -1.81. The van der Waals surface area contributed by atoms with E-state index in [1.165, 1.54) is 12.3 Å².